The molecule has 0 unspecified atom stereocenters. The number of aromatic nitrogens is 3. The van der Waals surface area contributed by atoms with E-state index < -0.39 is 5.82 Å². The number of nitrogen functional groups attached to an aromatic ring is 1. The highest BCUT2D eigenvalue weighted by Gasteiger charge is 2.08. The third-order valence-corrected chi connectivity index (χ3v) is 2.30. The maximum atomic E-state index is 13.1. The lowest BCUT2D eigenvalue weighted by Crippen LogP contribution is -2.02. The van der Waals surface area contributed by atoms with Gasteiger partial charge in [-0.3, -0.25) is 0 Å². The molecular formula is C10H8BrFN4O2. The van der Waals surface area contributed by atoms with Crippen LogP contribution < -0.4 is 15.2 Å². The number of ether oxygens (including phenoxy) is 2. The fourth-order valence-corrected chi connectivity index (χ4v) is 1.63. The van der Waals surface area contributed by atoms with Crippen LogP contribution in [0.3, 0.4) is 0 Å². The number of hydrogen-bond donors (Lipinski definition) is 1. The van der Waals surface area contributed by atoms with Gasteiger partial charge in [0.1, 0.15) is 11.6 Å². The van der Waals surface area contributed by atoms with Crippen LogP contribution in [0.25, 0.3) is 0 Å². The Labute approximate surface area is 110 Å². The van der Waals surface area contributed by atoms with E-state index in [1.807, 2.05) is 0 Å². The number of hydrogen-bond acceptors (Lipinski definition) is 6. The zero-order valence-electron chi connectivity index (χ0n) is 9.22. The van der Waals surface area contributed by atoms with Crippen molar-refractivity contribution in [1.82, 2.24) is 15.0 Å². The minimum atomic E-state index is -0.451. The molecule has 0 aliphatic heterocycles. The smallest absolute Gasteiger partial charge is 0.330 e. The Hall–Kier alpha value is -1.96. The lowest BCUT2D eigenvalue weighted by molar-refractivity contribution is 0.360. The number of halogens is 2. The summed E-state index contributed by atoms with van der Waals surface area (Å²) in [5.74, 6) is -0.268. The molecule has 8 heteroatoms. The van der Waals surface area contributed by atoms with Gasteiger partial charge in [0.2, 0.25) is 5.95 Å². The Balaban J connectivity index is 2.30. The topological polar surface area (TPSA) is 83.2 Å². The molecule has 0 saturated carbocycles. The van der Waals surface area contributed by atoms with Gasteiger partial charge < -0.3 is 15.2 Å². The van der Waals surface area contributed by atoms with Crippen molar-refractivity contribution in [2.75, 3.05) is 12.8 Å². The number of benzene rings is 1. The van der Waals surface area contributed by atoms with E-state index in [2.05, 4.69) is 30.9 Å². The second-order valence-corrected chi connectivity index (χ2v) is 4.09. The predicted molar refractivity (Wildman–Crippen MR) is 65.0 cm³/mol. The highest BCUT2D eigenvalue weighted by Crippen LogP contribution is 2.24. The van der Waals surface area contributed by atoms with E-state index in [4.69, 9.17) is 15.2 Å². The number of rotatable bonds is 3. The van der Waals surface area contributed by atoms with E-state index in [9.17, 15) is 4.39 Å². The van der Waals surface area contributed by atoms with E-state index in [1.54, 1.807) is 6.07 Å². The van der Waals surface area contributed by atoms with E-state index in [0.717, 1.165) is 0 Å². The molecule has 0 radical (unpaired) electrons. The molecule has 2 aromatic rings. The summed E-state index contributed by atoms with van der Waals surface area (Å²) in [6.45, 7) is 0. The van der Waals surface area contributed by atoms with Crippen LogP contribution in [0.4, 0.5) is 10.3 Å². The van der Waals surface area contributed by atoms with Gasteiger partial charge in [-0.25, -0.2) is 4.39 Å². The quantitative estimate of drug-likeness (QED) is 0.934. The summed E-state index contributed by atoms with van der Waals surface area (Å²) >= 11 is 3.15. The lowest BCUT2D eigenvalue weighted by atomic mass is 10.3. The van der Waals surface area contributed by atoms with Crippen molar-refractivity contribution in [3.63, 3.8) is 0 Å². The summed E-state index contributed by atoms with van der Waals surface area (Å²) in [6, 6.07) is 4.01. The van der Waals surface area contributed by atoms with E-state index in [-0.39, 0.29) is 23.7 Å². The maximum Gasteiger partial charge on any atom is 0.330 e. The van der Waals surface area contributed by atoms with Crippen molar-refractivity contribution in [2.24, 2.45) is 0 Å². The largest absolute Gasteiger partial charge is 0.467 e. The van der Waals surface area contributed by atoms with Crippen molar-refractivity contribution < 1.29 is 13.9 Å². The first-order chi connectivity index (χ1) is 8.56. The standard InChI is InChI=1S/C10H8BrFN4O2/c1-17-9-14-8(13)15-10(16-9)18-7-3-5(11)2-6(12)4-7/h2-4H,1H3,(H2,13,14,15,16). The van der Waals surface area contributed by atoms with Crippen molar-refractivity contribution in [3.05, 3.63) is 28.5 Å². The summed E-state index contributed by atoms with van der Waals surface area (Å²) in [4.78, 5) is 11.3. The van der Waals surface area contributed by atoms with Crippen LogP contribution in [0, 0.1) is 5.82 Å². The lowest BCUT2D eigenvalue weighted by Gasteiger charge is -2.06. The van der Waals surface area contributed by atoms with Gasteiger partial charge in [-0.1, -0.05) is 15.9 Å². The van der Waals surface area contributed by atoms with Gasteiger partial charge in [0.15, 0.2) is 0 Å². The molecule has 1 heterocycles. The van der Waals surface area contributed by atoms with Gasteiger partial charge in [-0.15, -0.1) is 4.98 Å². The Morgan fingerprint density at radius 2 is 1.89 bits per heavy atom. The van der Waals surface area contributed by atoms with Crippen LogP contribution in [0.15, 0.2) is 22.7 Å². The Morgan fingerprint density at radius 1 is 1.17 bits per heavy atom. The molecule has 2 rings (SSSR count). The number of methoxy groups -OCH3 is 1. The van der Waals surface area contributed by atoms with E-state index >= 15 is 0 Å². The van der Waals surface area contributed by atoms with Gasteiger partial charge in [-0.05, 0) is 12.1 Å². The number of anilines is 1. The van der Waals surface area contributed by atoms with Crippen molar-refractivity contribution >= 4 is 21.9 Å². The molecule has 1 aromatic heterocycles. The summed E-state index contributed by atoms with van der Waals surface area (Å²) in [6.07, 6.45) is 0. The average Bonchev–Trinajstić information content (AvgIpc) is 2.26. The maximum absolute atomic E-state index is 13.1. The second-order valence-electron chi connectivity index (χ2n) is 3.17. The van der Waals surface area contributed by atoms with Gasteiger partial charge in [-0.2, -0.15) is 9.97 Å². The van der Waals surface area contributed by atoms with Gasteiger partial charge in [0.05, 0.1) is 7.11 Å². The Kier molecular flexibility index (Phi) is 3.56. The molecule has 0 fully saturated rings. The summed E-state index contributed by atoms with van der Waals surface area (Å²) < 4.78 is 23.8. The molecule has 1 aromatic carbocycles. The summed E-state index contributed by atoms with van der Waals surface area (Å²) in [5, 5.41) is 0. The number of nitrogens with two attached hydrogens (primary N) is 1. The van der Waals surface area contributed by atoms with Crippen LogP contribution in [0.5, 0.6) is 17.8 Å². The molecule has 0 saturated heterocycles. The molecule has 2 N–H and O–H groups in total. The fraction of sp³-hybridized carbons (Fsp3) is 0.100. The molecule has 0 bridgehead atoms. The molecule has 0 aliphatic rings. The minimum Gasteiger partial charge on any atom is -0.467 e. The molecular weight excluding hydrogens is 307 g/mol. The third kappa shape index (κ3) is 3.04. The van der Waals surface area contributed by atoms with Gasteiger partial charge >= 0.3 is 12.0 Å². The monoisotopic (exact) mass is 314 g/mol. The normalized spacial score (nSPS) is 10.2. The third-order valence-electron chi connectivity index (χ3n) is 1.84. The van der Waals surface area contributed by atoms with Crippen LogP contribution in [0.1, 0.15) is 0 Å². The Morgan fingerprint density at radius 3 is 2.56 bits per heavy atom. The van der Waals surface area contributed by atoms with E-state index in [1.165, 1.54) is 19.2 Å². The minimum absolute atomic E-state index is 0.0213. The Bertz CT molecular complexity index is 562. The van der Waals surface area contributed by atoms with Crippen molar-refractivity contribution in [3.8, 4) is 17.8 Å². The molecule has 18 heavy (non-hydrogen) atoms. The van der Waals surface area contributed by atoms with Crippen LogP contribution in [-0.2, 0) is 0 Å². The first-order valence-electron chi connectivity index (χ1n) is 4.76. The van der Waals surface area contributed by atoms with Crippen molar-refractivity contribution in [1.29, 1.82) is 0 Å². The zero-order chi connectivity index (χ0) is 13.1. The molecule has 6 nitrogen and oxygen atoms in total. The van der Waals surface area contributed by atoms with Gasteiger partial charge in [0.25, 0.3) is 0 Å². The molecule has 94 valence electrons. The first-order valence-corrected chi connectivity index (χ1v) is 5.55. The zero-order valence-corrected chi connectivity index (χ0v) is 10.8. The molecule has 0 amide bonds. The summed E-state index contributed by atoms with van der Waals surface area (Å²) in [5.41, 5.74) is 5.44. The van der Waals surface area contributed by atoms with Crippen LogP contribution in [-0.4, -0.2) is 22.1 Å². The first kappa shape index (κ1) is 12.5. The predicted octanol–water partition coefficient (Wildman–Crippen LogP) is 2.16. The van der Waals surface area contributed by atoms with E-state index in [0.29, 0.717) is 4.47 Å². The molecule has 0 spiro atoms. The molecule has 0 atom stereocenters. The van der Waals surface area contributed by atoms with Crippen LogP contribution >= 0.6 is 15.9 Å². The highest BCUT2D eigenvalue weighted by molar-refractivity contribution is 9.10. The summed E-state index contributed by atoms with van der Waals surface area (Å²) in [7, 11) is 1.39. The number of nitrogens with zero attached hydrogens (tertiary/aromatic N) is 3. The molecule has 0 aliphatic carbocycles. The average molecular weight is 315 g/mol. The SMILES string of the molecule is COc1nc(N)nc(Oc2cc(F)cc(Br)c2)n1. The van der Waals surface area contributed by atoms with Crippen LogP contribution in [0.2, 0.25) is 0 Å². The second kappa shape index (κ2) is 5.13. The fourth-order valence-electron chi connectivity index (χ4n) is 1.18. The van der Waals surface area contributed by atoms with Crippen molar-refractivity contribution in [2.45, 2.75) is 0 Å². The highest BCUT2D eigenvalue weighted by atomic mass is 79.9. The van der Waals surface area contributed by atoms with Gasteiger partial charge in [0, 0.05) is 10.5 Å².